The van der Waals surface area contributed by atoms with Gasteiger partial charge in [0.2, 0.25) is 5.91 Å². The van der Waals surface area contributed by atoms with E-state index in [1.807, 2.05) is 49.4 Å². The number of carbonyl (C=O) groups excluding carboxylic acids is 2. The normalized spacial score (nSPS) is 15.8. The fourth-order valence-electron chi connectivity index (χ4n) is 3.03. The first-order valence-corrected chi connectivity index (χ1v) is 9.31. The molecule has 2 amide bonds. The Hall–Kier alpha value is -2.33. The predicted molar refractivity (Wildman–Crippen MR) is 103 cm³/mol. The lowest BCUT2D eigenvalue weighted by Crippen LogP contribution is -2.38. The fourth-order valence-corrected chi connectivity index (χ4v) is 3.16. The first-order valence-electron chi connectivity index (χ1n) is 8.93. The second-order valence-electron chi connectivity index (χ2n) is 6.88. The van der Waals surface area contributed by atoms with Gasteiger partial charge in [0.05, 0.1) is 6.04 Å². The Morgan fingerprint density at radius 1 is 1.04 bits per heavy atom. The molecule has 26 heavy (non-hydrogen) atoms. The predicted octanol–water partition coefficient (Wildman–Crippen LogP) is 4.12. The molecule has 2 unspecified atom stereocenters. The zero-order chi connectivity index (χ0) is 18.5. The highest BCUT2D eigenvalue weighted by atomic mass is 35.5. The molecule has 0 radical (unpaired) electrons. The van der Waals surface area contributed by atoms with Gasteiger partial charge in [0.1, 0.15) is 0 Å². The summed E-state index contributed by atoms with van der Waals surface area (Å²) in [6.07, 6.45) is 2.48. The van der Waals surface area contributed by atoms with Crippen molar-refractivity contribution in [3.63, 3.8) is 0 Å². The van der Waals surface area contributed by atoms with Crippen LogP contribution in [0.15, 0.2) is 54.6 Å². The number of nitrogens with one attached hydrogen (secondary N) is 2. The SMILES string of the molecule is CC(CC(=O)NC(c1ccc(Cl)cc1)C1CC1)NC(=O)c1ccccc1. The zero-order valence-corrected chi connectivity index (χ0v) is 15.5. The lowest BCUT2D eigenvalue weighted by atomic mass is 10.0. The van der Waals surface area contributed by atoms with Gasteiger partial charge in [0.15, 0.2) is 0 Å². The van der Waals surface area contributed by atoms with Crippen molar-refractivity contribution >= 4 is 23.4 Å². The number of hydrogen-bond acceptors (Lipinski definition) is 2. The highest BCUT2D eigenvalue weighted by Gasteiger charge is 2.33. The molecule has 0 bridgehead atoms. The van der Waals surface area contributed by atoms with Crippen molar-refractivity contribution < 1.29 is 9.59 Å². The second kappa shape index (κ2) is 8.37. The summed E-state index contributed by atoms with van der Waals surface area (Å²) >= 11 is 5.96. The summed E-state index contributed by atoms with van der Waals surface area (Å²) in [5.74, 6) is 0.259. The van der Waals surface area contributed by atoms with Gasteiger partial charge in [-0.1, -0.05) is 41.9 Å². The molecule has 5 heteroatoms. The van der Waals surface area contributed by atoms with Gasteiger partial charge < -0.3 is 10.6 Å². The monoisotopic (exact) mass is 370 g/mol. The van der Waals surface area contributed by atoms with E-state index in [0.29, 0.717) is 16.5 Å². The van der Waals surface area contributed by atoms with Gasteiger partial charge in [-0.15, -0.1) is 0 Å². The molecular formula is C21H23ClN2O2. The van der Waals surface area contributed by atoms with E-state index in [2.05, 4.69) is 10.6 Å². The summed E-state index contributed by atoms with van der Waals surface area (Å²) in [5.41, 5.74) is 1.67. The molecule has 1 fully saturated rings. The quantitative estimate of drug-likeness (QED) is 0.770. The molecule has 1 aliphatic rings. The molecule has 2 N–H and O–H groups in total. The largest absolute Gasteiger partial charge is 0.349 e. The fraction of sp³-hybridized carbons (Fsp3) is 0.333. The molecule has 2 aromatic carbocycles. The van der Waals surface area contributed by atoms with Gasteiger partial charge in [0, 0.05) is 23.0 Å². The van der Waals surface area contributed by atoms with Crippen LogP contribution >= 0.6 is 11.6 Å². The highest BCUT2D eigenvalue weighted by Crippen LogP contribution is 2.41. The minimum absolute atomic E-state index is 0.0109. The van der Waals surface area contributed by atoms with Crippen LogP contribution in [0, 0.1) is 5.92 Å². The summed E-state index contributed by atoms with van der Waals surface area (Å²) in [6, 6.07) is 16.4. The molecule has 0 aromatic heterocycles. The van der Waals surface area contributed by atoms with E-state index in [0.717, 1.165) is 18.4 Å². The van der Waals surface area contributed by atoms with Crippen molar-refractivity contribution in [2.45, 2.75) is 38.3 Å². The number of hydrogen-bond donors (Lipinski definition) is 2. The van der Waals surface area contributed by atoms with Crippen LogP contribution in [-0.4, -0.2) is 17.9 Å². The van der Waals surface area contributed by atoms with Crippen LogP contribution in [0.4, 0.5) is 0 Å². The number of carbonyl (C=O) groups is 2. The van der Waals surface area contributed by atoms with Crippen LogP contribution in [0.1, 0.15) is 48.1 Å². The third kappa shape index (κ3) is 5.09. The van der Waals surface area contributed by atoms with Crippen LogP contribution in [0.25, 0.3) is 0 Å². The summed E-state index contributed by atoms with van der Waals surface area (Å²) in [6.45, 7) is 1.84. The van der Waals surface area contributed by atoms with E-state index in [1.165, 1.54) is 0 Å². The zero-order valence-electron chi connectivity index (χ0n) is 14.7. The minimum atomic E-state index is -0.243. The van der Waals surface area contributed by atoms with Gasteiger partial charge >= 0.3 is 0 Å². The first kappa shape index (κ1) is 18.5. The third-order valence-corrected chi connectivity index (χ3v) is 4.80. The Balaban J connectivity index is 1.55. The molecule has 0 spiro atoms. The summed E-state index contributed by atoms with van der Waals surface area (Å²) in [5, 5.41) is 6.69. The van der Waals surface area contributed by atoms with Crippen molar-refractivity contribution in [1.82, 2.24) is 10.6 Å². The van der Waals surface area contributed by atoms with Gasteiger partial charge in [-0.25, -0.2) is 0 Å². The molecule has 0 aliphatic heterocycles. The Bertz CT molecular complexity index is 757. The van der Waals surface area contributed by atoms with E-state index in [1.54, 1.807) is 12.1 Å². The van der Waals surface area contributed by atoms with Gasteiger partial charge in [-0.2, -0.15) is 0 Å². The van der Waals surface area contributed by atoms with E-state index in [-0.39, 0.29) is 30.3 Å². The van der Waals surface area contributed by atoms with Gasteiger partial charge in [-0.05, 0) is 55.5 Å². The Labute approximate surface area is 158 Å². The maximum atomic E-state index is 12.5. The van der Waals surface area contributed by atoms with Crippen molar-refractivity contribution in [2.24, 2.45) is 5.92 Å². The minimum Gasteiger partial charge on any atom is -0.349 e. The molecule has 2 aromatic rings. The van der Waals surface area contributed by atoms with E-state index < -0.39 is 0 Å². The average Bonchev–Trinajstić information content (AvgIpc) is 3.46. The Morgan fingerprint density at radius 3 is 2.31 bits per heavy atom. The topological polar surface area (TPSA) is 58.2 Å². The number of amides is 2. The molecule has 136 valence electrons. The van der Waals surface area contributed by atoms with Gasteiger partial charge in [0.25, 0.3) is 5.91 Å². The lowest BCUT2D eigenvalue weighted by molar-refractivity contribution is -0.122. The average molecular weight is 371 g/mol. The van der Waals surface area contributed by atoms with Crippen molar-refractivity contribution in [3.05, 3.63) is 70.7 Å². The number of halogens is 1. The molecule has 4 nitrogen and oxygen atoms in total. The molecule has 2 atom stereocenters. The molecule has 0 saturated heterocycles. The molecule has 1 aliphatic carbocycles. The maximum Gasteiger partial charge on any atom is 0.251 e. The second-order valence-corrected chi connectivity index (χ2v) is 7.32. The number of rotatable bonds is 7. The van der Waals surface area contributed by atoms with Gasteiger partial charge in [-0.3, -0.25) is 9.59 Å². The molecule has 1 saturated carbocycles. The highest BCUT2D eigenvalue weighted by molar-refractivity contribution is 6.30. The van der Waals surface area contributed by atoms with Crippen LogP contribution in [0.3, 0.4) is 0 Å². The van der Waals surface area contributed by atoms with Crippen molar-refractivity contribution in [3.8, 4) is 0 Å². The number of benzene rings is 2. The molecule has 3 rings (SSSR count). The first-order chi connectivity index (χ1) is 12.5. The molecule has 0 heterocycles. The summed E-state index contributed by atoms with van der Waals surface area (Å²) in [4.78, 5) is 24.6. The standard InChI is InChI=1S/C21H23ClN2O2/c1-14(23-21(26)17-5-3-2-4-6-17)13-19(25)24-20(15-7-8-15)16-9-11-18(22)12-10-16/h2-6,9-12,14-15,20H,7-8,13H2,1H3,(H,23,26)(H,24,25). The van der Waals surface area contributed by atoms with Crippen molar-refractivity contribution in [1.29, 1.82) is 0 Å². The summed E-state index contributed by atoms with van der Waals surface area (Å²) < 4.78 is 0. The Kier molecular flexibility index (Phi) is 5.94. The van der Waals surface area contributed by atoms with Crippen molar-refractivity contribution in [2.75, 3.05) is 0 Å². The van der Waals surface area contributed by atoms with Crippen LogP contribution in [0.2, 0.25) is 5.02 Å². The van der Waals surface area contributed by atoms with Crippen LogP contribution < -0.4 is 10.6 Å². The van der Waals surface area contributed by atoms with Crippen LogP contribution in [0.5, 0.6) is 0 Å². The summed E-state index contributed by atoms with van der Waals surface area (Å²) in [7, 11) is 0. The van der Waals surface area contributed by atoms with E-state index in [9.17, 15) is 9.59 Å². The van der Waals surface area contributed by atoms with Crippen LogP contribution in [-0.2, 0) is 4.79 Å². The Morgan fingerprint density at radius 2 is 1.69 bits per heavy atom. The molecular weight excluding hydrogens is 348 g/mol. The smallest absolute Gasteiger partial charge is 0.251 e. The maximum absolute atomic E-state index is 12.5. The lowest BCUT2D eigenvalue weighted by Gasteiger charge is -2.21. The van der Waals surface area contributed by atoms with E-state index in [4.69, 9.17) is 11.6 Å². The van der Waals surface area contributed by atoms with E-state index >= 15 is 0 Å². The third-order valence-electron chi connectivity index (χ3n) is 4.54.